The van der Waals surface area contributed by atoms with E-state index in [2.05, 4.69) is 15.3 Å². The molecule has 1 atom stereocenters. The van der Waals surface area contributed by atoms with Crippen molar-refractivity contribution in [3.05, 3.63) is 54.1 Å². The van der Waals surface area contributed by atoms with Crippen LogP contribution in [0.25, 0.3) is 0 Å². The Balaban J connectivity index is 1.67. The molecule has 0 radical (unpaired) electrons. The van der Waals surface area contributed by atoms with Gasteiger partial charge in [0, 0.05) is 5.56 Å². The van der Waals surface area contributed by atoms with Crippen LogP contribution in [-0.4, -0.2) is 30.9 Å². The quantitative estimate of drug-likeness (QED) is 0.656. The number of hydrogen-bond donors (Lipinski definition) is 1. The molecular formula is C18H16F2N2O4. The molecule has 0 aromatic heterocycles. The summed E-state index contributed by atoms with van der Waals surface area (Å²) in [5, 5.41) is 3.95. The summed E-state index contributed by atoms with van der Waals surface area (Å²) < 4.78 is 40.5. The SMILES string of the molecule is C/C(=N/NC(=O)[C@@H]1COc2ccccc2O1)c1ccccc1OC(F)F. The average Bonchev–Trinajstić information content (AvgIpc) is 2.65. The third kappa shape index (κ3) is 4.08. The van der Waals surface area contributed by atoms with Gasteiger partial charge in [-0.1, -0.05) is 24.3 Å². The van der Waals surface area contributed by atoms with Crippen molar-refractivity contribution in [2.45, 2.75) is 19.6 Å². The van der Waals surface area contributed by atoms with Crippen molar-refractivity contribution in [2.24, 2.45) is 5.10 Å². The number of benzene rings is 2. The van der Waals surface area contributed by atoms with Gasteiger partial charge in [-0.05, 0) is 31.2 Å². The molecule has 8 heteroatoms. The number of carbonyl (C=O) groups excluding carboxylic acids is 1. The van der Waals surface area contributed by atoms with Gasteiger partial charge in [-0.25, -0.2) is 5.43 Å². The van der Waals surface area contributed by atoms with E-state index >= 15 is 0 Å². The Morgan fingerprint density at radius 2 is 1.88 bits per heavy atom. The lowest BCUT2D eigenvalue weighted by atomic mass is 10.1. The number of amides is 1. The lowest BCUT2D eigenvalue weighted by Crippen LogP contribution is -2.42. The second-order valence-electron chi connectivity index (χ2n) is 5.41. The van der Waals surface area contributed by atoms with E-state index in [1.54, 1.807) is 49.4 Å². The summed E-state index contributed by atoms with van der Waals surface area (Å²) in [5.74, 6) is 0.500. The van der Waals surface area contributed by atoms with Gasteiger partial charge >= 0.3 is 6.61 Å². The number of alkyl halides is 2. The largest absolute Gasteiger partial charge is 0.485 e. The molecule has 136 valence electrons. The first-order valence-corrected chi connectivity index (χ1v) is 7.81. The maximum Gasteiger partial charge on any atom is 0.387 e. The third-order valence-electron chi connectivity index (χ3n) is 3.63. The Morgan fingerprint density at radius 1 is 1.19 bits per heavy atom. The van der Waals surface area contributed by atoms with E-state index in [-0.39, 0.29) is 12.4 Å². The average molecular weight is 362 g/mol. The number of fused-ring (bicyclic) bond motifs is 1. The van der Waals surface area contributed by atoms with E-state index < -0.39 is 18.6 Å². The zero-order valence-corrected chi connectivity index (χ0v) is 13.8. The van der Waals surface area contributed by atoms with Crippen molar-refractivity contribution in [1.82, 2.24) is 5.43 Å². The van der Waals surface area contributed by atoms with Crippen molar-refractivity contribution in [3.63, 3.8) is 0 Å². The third-order valence-corrected chi connectivity index (χ3v) is 3.63. The molecule has 26 heavy (non-hydrogen) atoms. The van der Waals surface area contributed by atoms with Crippen LogP contribution >= 0.6 is 0 Å². The fraction of sp³-hybridized carbons (Fsp3) is 0.222. The molecule has 0 fully saturated rings. The number of hydrazone groups is 1. The van der Waals surface area contributed by atoms with E-state index in [1.165, 1.54) is 6.07 Å². The molecule has 2 aromatic carbocycles. The first kappa shape index (κ1) is 17.7. The van der Waals surface area contributed by atoms with Crippen LogP contribution in [0.1, 0.15) is 12.5 Å². The van der Waals surface area contributed by atoms with E-state index in [0.29, 0.717) is 22.8 Å². The van der Waals surface area contributed by atoms with Gasteiger partial charge in [0.15, 0.2) is 11.5 Å². The van der Waals surface area contributed by atoms with Gasteiger partial charge in [0.2, 0.25) is 6.10 Å². The van der Waals surface area contributed by atoms with Crippen molar-refractivity contribution < 1.29 is 27.8 Å². The predicted octanol–water partition coefficient (Wildman–Crippen LogP) is 2.97. The molecule has 0 spiro atoms. The summed E-state index contributed by atoms with van der Waals surface area (Å²) in [4.78, 5) is 12.2. The van der Waals surface area contributed by atoms with Crippen LogP contribution in [-0.2, 0) is 4.79 Å². The molecule has 6 nitrogen and oxygen atoms in total. The first-order valence-electron chi connectivity index (χ1n) is 7.81. The van der Waals surface area contributed by atoms with E-state index in [1.807, 2.05) is 0 Å². The van der Waals surface area contributed by atoms with Crippen LogP contribution in [0, 0.1) is 0 Å². The molecule has 1 heterocycles. The Labute approximate surface area is 148 Å². The number of nitrogens with one attached hydrogen (secondary N) is 1. The highest BCUT2D eigenvalue weighted by Gasteiger charge is 2.27. The number of hydrogen-bond acceptors (Lipinski definition) is 5. The highest BCUT2D eigenvalue weighted by atomic mass is 19.3. The molecule has 1 aliphatic rings. The number of carbonyl (C=O) groups is 1. The minimum atomic E-state index is -2.95. The predicted molar refractivity (Wildman–Crippen MR) is 89.8 cm³/mol. The lowest BCUT2D eigenvalue weighted by molar-refractivity contribution is -0.130. The molecule has 1 aliphatic heterocycles. The summed E-state index contributed by atoms with van der Waals surface area (Å²) in [6.07, 6.45) is -0.867. The number of ether oxygens (including phenoxy) is 3. The minimum absolute atomic E-state index is 0.0239. The number of halogens is 2. The molecular weight excluding hydrogens is 346 g/mol. The molecule has 0 aliphatic carbocycles. The summed E-state index contributed by atoms with van der Waals surface area (Å²) >= 11 is 0. The minimum Gasteiger partial charge on any atom is -0.485 e. The van der Waals surface area contributed by atoms with Gasteiger partial charge in [-0.3, -0.25) is 4.79 Å². The summed E-state index contributed by atoms with van der Waals surface area (Å²) in [6.45, 7) is -1.34. The number of nitrogens with zero attached hydrogens (tertiary/aromatic N) is 1. The van der Waals surface area contributed by atoms with Crippen LogP contribution in [0.4, 0.5) is 8.78 Å². The second-order valence-corrected chi connectivity index (χ2v) is 5.41. The fourth-order valence-corrected chi connectivity index (χ4v) is 2.38. The number of para-hydroxylation sites is 3. The van der Waals surface area contributed by atoms with Gasteiger partial charge in [0.1, 0.15) is 12.4 Å². The van der Waals surface area contributed by atoms with Crippen molar-refractivity contribution in [1.29, 1.82) is 0 Å². The summed E-state index contributed by atoms with van der Waals surface area (Å²) in [6, 6.07) is 13.2. The van der Waals surface area contributed by atoms with Gasteiger partial charge in [-0.2, -0.15) is 13.9 Å². The van der Waals surface area contributed by atoms with E-state index in [4.69, 9.17) is 9.47 Å². The van der Waals surface area contributed by atoms with Gasteiger partial charge in [-0.15, -0.1) is 0 Å². The molecule has 1 amide bonds. The molecule has 2 aromatic rings. The van der Waals surface area contributed by atoms with Crippen molar-refractivity contribution in [2.75, 3.05) is 6.61 Å². The van der Waals surface area contributed by atoms with Gasteiger partial charge in [0.25, 0.3) is 5.91 Å². The maximum atomic E-state index is 12.5. The van der Waals surface area contributed by atoms with Crippen LogP contribution < -0.4 is 19.6 Å². The number of rotatable bonds is 5. The Bertz CT molecular complexity index is 826. The smallest absolute Gasteiger partial charge is 0.387 e. The molecule has 3 rings (SSSR count). The van der Waals surface area contributed by atoms with Crippen LogP contribution in [0.2, 0.25) is 0 Å². The second kappa shape index (κ2) is 7.81. The Morgan fingerprint density at radius 3 is 2.65 bits per heavy atom. The first-order chi connectivity index (χ1) is 12.5. The molecule has 0 saturated carbocycles. The van der Waals surface area contributed by atoms with Crippen molar-refractivity contribution >= 4 is 11.6 Å². The Hall–Kier alpha value is -3.16. The monoisotopic (exact) mass is 362 g/mol. The standard InChI is InChI=1S/C18H16F2N2O4/c1-11(12-6-2-3-7-13(12)26-18(19)20)21-22-17(23)16-10-24-14-8-4-5-9-15(14)25-16/h2-9,16,18H,10H2,1H3,(H,22,23)/b21-11-/t16-/m0/s1. The molecule has 0 unspecified atom stereocenters. The normalized spacial score (nSPS) is 16.3. The van der Waals surface area contributed by atoms with E-state index in [9.17, 15) is 13.6 Å². The zero-order valence-electron chi connectivity index (χ0n) is 13.8. The maximum absolute atomic E-state index is 12.5. The molecule has 0 bridgehead atoms. The molecule has 1 N–H and O–H groups in total. The highest BCUT2D eigenvalue weighted by Crippen LogP contribution is 2.30. The topological polar surface area (TPSA) is 69.2 Å². The van der Waals surface area contributed by atoms with E-state index in [0.717, 1.165) is 0 Å². The van der Waals surface area contributed by atoms with Crippen LogP contribution in [0.15, 0.2) is 53.6 Å². The van der Waals surface area contributed by atoms with Crippen LogP contribution in [0.5, 0.6) is 17.2 Å². The summed E-state index contributed by atoms with van der Waals surface area (Å²) in [5.41, 5.74) is 3.02. The van der Waals surface area contributed by atoms with Gasteiger partial charge < -0.3 is 14.2 Å². The zero-order chi connectivity index (χ0) is 18.5. The Kier molecular flexibility index (Phi) is 5.31. The molecule has 0 saturated heterocycles. The van der Waals surface area contributed by atoms with Crippen LogP contribution in [0.3, 0.4) is 0 Å². The lowest BCUT2D eigenvalue weighted by Gasteiger charge is -2.24. The van der Waals surface area contributed by atoms with Crippen molar-refractivity contribution in [3.8, 4) is 17.2 Å². The summed E-state index contributed by atoms with van der Waals surface area (Å²) in [7, 11) is 0. The fourth-order valence-electron chi connectivity index (χ4n) is 2.38. The highest BCUT2D eigenvalue weighted by molar-refractivity contribution is 6.01. The van der Waals surface area contributed by atoms with Gasteiger partial charge in [0.05, 0.1) is 5.71 Å².